The van der Waals surface area contributed by atoms with Crippen molar-refractivity contribution in [1.29, 1.82) is 0 Å². The molecule has 0 fully saturated rings. The number of carbonyl (C=O) groups is 1. The lowest BCUT2D eigenvalue weighted by molar-refractivity contribution is 0.105. The quantitative estimate of drug-likeness (QED) is 0.491. The second-order valence-corrected chi connectivity index (χ2v) is 5.77. The molecule has 3 aromatic rings. The predicted octanol–water partition coefficient (Wildman–Crippen LogP) is 4.62. The van der Waals surface area contributed by atoms with Crippen LogP contribution in [0.15, 0.2) is 72.3 Å². The van der Waals surface area contributed by atoms with Crippen LogP contribution in [0, 0.1) is 0 Å². The van der Waals surface area contributed by atoms with Crippen molar-refractivity contribution in [2.75, 3.05) is 0 Å². The molecule has 0 spiro atoms. The Morgan fingerprint density at radius 1 is 1.09 bits per heavy atom. The fourth-order valence-corrected chi connectivity index (χ4v) is 2.70. The molecule has 0 saturated heterocycles. The molecule has 114 valence electrons. The summed E-state index contributed by atoms with van der Waals surface area (Å²) in [4.78, 5) is 17.0. The molecule has 3 nitrogen and oxygen atoms in total. The van der Waals surface area contributed by atoms with Crippen molar-refractivity contribution in [3.05, 3.63) is 88.4 Å². The number of benzene rings is 1. The fraction of sp³-hybridized carbons (Fsp3) is 0.0526. The molecule has 0 bridgehead atoms. The second-order valence-electron chi connectivity index (χ2n) is 4.82. The molecular formula is C19H15NO2S. The lowest BCUT2D eigenvalue weighted by atomic mass is 10.1. The standard InChI is InChI=1S/C19H15NO2S/c21-17(19-9-5-13-23-19)11-10-15-6-1-2-8-18(15)22-14-16-7-3-4-12-20-16/h1-13H,14H2. The van der Waals surface area contributed by atoms with Crippen LogP contribution in [0.1, 0.15) is 20.9 Å². The number of hydrogen-bond donors (Lipinski definition) is 0. The van der Waals surface area contributed by atoms with Gasteiger partial charge in [0.2, 0.25) is 0 Å². The minimum absolute atomic E-state index is 0.000436. The van der Waals surface area contributed by atoms with E-state index in [1.54, 1.807) is 18.3 Å². The zero-order valence-corrected chi connectivity index (χ0v) is 13.2. The highest BCUT2D eigenvalue weighted by Crippen LogP contribution is 2.21. The molecule has 0 unspecified atom stereocenters. The molecular weight excluding hydrogens is 306 g/mol. The monoisotopic (exact) mass is 321 g/mol. The van der Waals surface area contributed by atoms with E-state index in [4.69, 9.17) is 4.74 Å². The molecule has 0 radical (unpaired) electrons. The molecule has 4 heteroatoms. The van der Waals surface area contributed by atoms with Crippen LogP contribution in [0.3, 0.4) is 0 Å². The van der Waals surface area contributed by atoms with Gasteiger partial charge in [-0.15, -0.1) is 11.3 Å². The first-order chi connectivity index (χ1) is 11.3. The van der Waals surface area contributed by atoms with Crippen molar-refractivity contribution in [1.82, 2.24) is 4.98 Å². The normalized spacial score (nSPS) is 10.8. The number of pyridine rings is 1. The first-order valence-electron chi connectivity index (χ1n) is 7.20. The van der Waals surface area contributed by atoms with Crippen LogP contribution < -0.4 is 4.74 Å². The van der Waals surface area contributed by atoms with Gasteiger partial charge in [-0.05, 0) is 41.8 Å². The van der Waals surface area contributed by atoms with Crippen LogP contribution in [0.25, 0.3) is 6.08 Å². The second kappa shape index (κ2) is 7.51. The van der Waals surface area contributed by atoms with E-state index in [0.717, 1.165) is 21.9 Å². The number of thiophene rings is 1. The van der Waals surface area contributed by atoms with E-state index in [9.17, 15) is 4.79 Å². The van der Waals surface area contributed by atoms with E-state index in [0.29, 0.717) is 6.61 Å². The average molecular weight is 321 g/mol. The molecule has 0 saturated carbocycles. The minimum atomic E-state index is -0.000436. The Kier molecular flexibility index (Phi) is 4.96. The molecule has 0 N–H and O–H groups in total. The van der Waals surface area contributed by atoms with E-state index < -0.39 is 0 Å². The third kappa shape index (κ3) is 4.14. The Balaban J connectivity index is 1.71. The smallest absolute Gasteiger partial charge is 0.195 e. The van der Waals surface area contributed by atoms with Crippen LogP contribution in [0.5, 0.6) is 5.75 Å². The number of hydrogen-bond acceptors (Lipinski definition) is 4. The summed E-state index contributed by atoms with van der Waals surface area (Å²) in [5.74, 6) is 0.730. The van der Waals surface area contributed by atoms with Gasteiger partial charge in [-0.1, -0.05) is 30.3 Å². The number of carbonyl (C=O) groups excluding carboxylic acids is 1. The third-order valence-electron chi connectivity index (χ3n) is 3.20. The SMILES string of the molecule is O=C(C=Cc1ccccc1OCc1ccccn1)c1cccs1. The molecule has 0 atom stereocenters. The van der Waals surface area contributed by atoms with Gasteiger partial charge in [-0.25, -0.2) is 0 Å². The summed E-state index contributed by atoms with van der Waals surface area (Å²) in [5, 5.41) is 1.89. The van der Waals surface area contributed by atoms with E-state index in [-0.39, 0.29) is 5.78 Å². The van der Waals surface area contributed by atoms with Gasteiger partial charge in [0, 0.05) is 11.8 Å². The highest BCUT2D eigenvalue weighted by molar-refractivity contribution is 7.12. The van der Waals surface area contributed by atoms with E-state index in [2.05, 4.69) is 4.98 Å². The highest BCUT2D eigenvalue weighted by Gasteiger charge is 2.04. The number of aromatic nitrogens is 1. The van der Waals surface area contributed by atoms with Crippen molar-refractivity contribution < 1.29 is 9.53 Å². The van der Waals surface area contributed by atoms with Gasteiger partial charge in [0.15, 0.2) is 5.78 Å². The van der Waals surface area contributed by atoms with Gasteiger partial charge in [0.1, 0.15) is 12.4 Å². The molecule has 0 aliphatic carbocycles. The van der Waals surface area contributed by atoms with E-state index in [1.807, 2.05) is 60.0 Å². The molecule has 0 amide bonds. The maximum atomic E-state index is 12.0. The highest BCUT2D eigenvalue weighted by atomic mass is 32.1. The molecule has 3 rings (SSSR count). The van der Waals surface area contributed by atoms with Crippen LogP contribution in [0.4, 0.5) is 0 Å². The zero-order chi connectivity index (χ0) is 15.9. The summed E-state index contributed by atoms with van der Waals surface area (Å²) in [6, 6.07) is 17.0. The van der Waals surface area contributed by atoms with Crippen molar-refractivity contribution >= 4 is 23.2 Å². The van der Waals surface area contributed by atoms with Gasteiger partial charge >= 0.3 is 0 Å². The molecule has 0 aliphatic rings. The Hall–Kier alpha value is -2.72. The number of para-hydroxylation sites is 1. The van der Waals surface area contributed by atoms with Crippen molar-refractivity contribution in [3.8, 4) is 5.75 Å². The van der Waals surface area contributed by atoms with Crippen LogP contribution >= 0.6 is 11.3 Å². The lowest BCUT2D eigenvalue weighted by Gasteiger charge is -2.08. The first-order valence-corrected chi connectivity index (χ1v) is 8.08. The molecule has 2 heterocycles. The van der Waals surface area contributed by atoms with Gasteiger partial charge in [-0.3, -0.25) is 9.78 Å². The molecule has 23 heavy (non-hydrogen) atoms. The summed E-state index contributed by atoms with van der Waals surface area (Å²) in [5.41, 5.74) is 1.73. The Labute approximate surface area is 138 Å². The summed E-state index contributed by atoms with van der Waals surface area (Å²) in [6.07, 6.45) is 5.11. The largest absolute Gasteiger partial charge is 0.487 e. The van der Waals surface area contributed by atoms with Gasteiger partial charge in [0.25, 0.3) is 0 Å². The van der Waals surface area contributed by atoms with Gasteiger partial charge in [0.05, 0.1) is 10.6 Å². The van der Waals surface area contributed by atoms with Crippen molar-refractivity contribution in [2.24, 2.45) is 0 Å². The summed E-state index contributed by atoms with van der Waals surface area (Å²) in [6.45, 7) is 0.393. The summed E-state index contributed by atoms with van der Waals surface area (Å²) < 4.78 is 5.82. The van der Waals surface area contributed by atoms with Crippen LogP contribution in [-0.2, 0) is 6.61 Å². The minimum Gasteiger partial charge on any atom is -0.487 e. The Morgan fingerprint density at radius 2 is 1.96 bits per heavy atom. The molecule has 2 aromatic heterocycles. The molecule has 1 aromatic carbocycles. The number of allylic oxidation sites excluding steroid dienone is 1. The molecule has 0 aliphatic heterocycles. The average Bonchev–Trinajstić information content (AvgIpc) is 3.14. The summed E-state index contributed by atoms with van der Waals surface area (Å²) in [7, 11) is 0. The number of ether oxygens (including phenoxy) is 1. The Morgan fingerprint density at radius 3 is 2.74 bits per heavy atom. The zero-order valence-electron chi connectivity index (χ0n) is 12.4. The first kappa shape index (κ1) is 15.2. The number of rotatable bonds is 6. The number of ketones is 1. The topological polar surface area (TPSA) is 39.2 Å². The fourth-order valence-electron chi connectivity index (χ4n) is 2.05. The van der Waals surface area contributed by atoms with Gasteiger partial charge in [-0.2, -0.15) is 0 Å². The van der Waals surface area contributed by atoms with Crippen molar-refractivity contribution in [3.63, 3.8) is 0 Å². The van der Waals surface area contributed by atoms with E-state index >= 15 is 0 Å². The predicted molar refractivity (Wildman–Crippen MR) is 92.7 cm³/mol. The maximum absolute atomic E-state index is 12.0. The maximum Gasteiger partial charge on any atom is 0.195 e. The Bertz CT molecular complexity index is 795. The van der Waals surface area contributed by atoms with E-state index in [1.165, 1.54) is 11.3 Å². The van der Waals surface area contributed by atoms with Gasteiger partial charge < -0.3 is 4.74 Å². The van der Waals surface area contributed by atoms with Crippen LogP contribution in [0.2, 0.25) is 0 Å². The van der Waals surface area contributed by atoms with Crippen molar-refractivity contribution in [2.45, 2.75) is 6.61 Å². The lowest BCUT2D eigenvalue weighted by Crippen LogP contribution is -1.99. The van der Waals surface area contributed by atoms with Crippen LogP contribution in [-0.4, -0.2) is 10.8 Å². The number of nitrogens with zero attached hydrogens (tertiary/aromatic N) is 1. The third-order valence-corrected chi connectivity index (χ3v) is 4.08. The summed E-state index contributed by atoms with van der Waals surface area (Å²) >= 11 is 1.44.